The number of amides is 1. The van der Waals surface area contributed by atoms with Crippen LogP contribution in [0.4, 0.5) is 0 Å². The lowest BCUT2D eigenvalue weighted by atomic mass is 9.94. The van der Waals surface area contributed by atoms with Crippen molar-refractivity contribution in [3.05, 3.63) is 0 Å². The molecule has 1 amide bonds. The van der Waals surface area contributed by atoms with E-state index in [1.165, 1.54) is 32.1 Å². The third-order valence-corrected chi connectivity index (χ3v) is 2.69. The lowest BCUT2D eigenvalue weighted by Gasteiger charge is -2.25. The first kappa shape index (κ1) is 8.72. The van der Waals surface area contributed by atoms with Crippen LogP contribution < -0.4 is 4.90 Å². The molecule has 1 saturated carbocycles. The summed E-state index contributed by atoms with van der Waals surface area (Å²) in [6, 6.07) is 0.631. The van der Waals surface area contributed by atoms with E-state index in [2.05, 4.69) is 6.92 Å². The molecule has 1 N–H and O–H groups in total. The van der Waals surface area contributed by atoms with Crippen molar-refractivity contribution in [3.8, 4) is 0 Å². The summed E-state index contributed by atoms with van der Waals surface area (Å²) in [6.07, 6.45) is 7.59. The third-order valence-electron chi connectivity index (χ3n) is 2.69. The van der Waals surface area contributed by atoms with Gasteiger partial charge in [0, 0.05) is 0 Å². The zero-order chi connectivity index (χ0) is 8.10. The molecule has 0 aromatic rings. The Morgan fingerprint density at radius 2 is 2.00 bits per heavy atom. The second kappa shape index (κ2) is 4.50. The second-order valence-electron chi connectivity index (χ2n) is 3.38. The summed E-state index contributed by atoms with van der Waals surface area (Å²) in [4.78, 5) is 11.7. The Balaban J connectivity index is 2.35. The van der Waals surface area contributed by atoms with Gasteiger partial charge in [-0.15, -0.1) is 0 Å². The van der Waals surface area contributed by atoms with E-state index in [-0.39, 0.29) is 0 Å². The number of carbonyl (C=O) groups excluding carboxylic acids is 1. The highest BCUT2D eigenvalue weighted by atomic mass is 16.1. The summed E-state index contributed by atoms with van der Waals surface area (Å²) in [7, 11) is 0. The van der Waals surface area contributed by atoms with Gasteiger partial charge in [-0.05, 0) is 32.6 Å². The van der Waals surface area contributed by atoms with Gasteiger partial charge in [0.2, 0.25) is 0 Å². The second-order valence-corrected chi connectivity index (χ2v) is 3.38. The number of nitrogens with one attached hydrogen (secondary N) is 1. The van der Waals surface area contributed by atoms with E-state index in [0.717, 1.165) is 17.9 Å². The molecule has 0 heterocycles. The minimum Gasteiger partial charge on any atom is -0.272 e. The van der Waals surface area contributed by atoms with Gasteiger partial charge in [0.1, 0.15) is 0 Å². The fraction of sp³-hybridized carbons (Fsp3) is 0.889. The number of hydrogen-bond donors (Lipinski definition) is 1. The predicted molar refractivity (Wildman–Crippen MR) is 44.4 cm³/mol. The molecule has 1 fully saturated rings. The molecular formula is C9H18NO+. The van der Waals surface area contributed by atoms with Gasteiger partial charge in [-0.25, -0.2) is 4.79 Å². The van der Waals surface area contributed by atoms with Crippen LogP contribution in [0.2, 0.25) is 0 Å². The summed E-state index contributed by atoms with van der Waals surface area (Å²) in [6.45, 7) is 3.03. The van der Waals surface area contributed by atoms with Crippen LogP contribution in [0, 0.1) is 0 Å². The Bertz CT molecular complexity index is 119. The van der Waals surface area contributed by atoms with Gasteiger partial charge < -0.3 is 0 Å². The zero-order valence-electron chi connectivity index (χ0n) is 7.31. The molecule has 0 radical (unpaired) electrons. The highest BCUT2D eigenvalue weighted by molar-refractivity contribution is 5.33. The first-order valence-electron chi connectivity index (χ1n) is 4.69. The highest BCUT2D eigenvalue weighted by Gasteiger charge is 2.22. The number of quaternary nitrogens is 1. The predicted octanol–water partition coefficient (Wildman–Crippen LogP) is 0.380. The van der Waals surface area contributed by atoms with E-state index in [1.807, 2.05) is 0 Å². The van der Waals surface area contributed by atoms with Crippen molar-refractivity contribution < 1.29 is 9.69 Å². The maximum atomic E-state index is 10.6. The third kappa shape index (κ3) is 2.29. The monoisotopic (exact) mass is 156 g/mol. The Morgan fingerprint density at radius 3 is 2.45 bits per heavy atom. The fourth-order valence-electron chi connectivity index (χ4n) is 1.94. The van der Waals surface area contributed by atoms with Gasteiger partial charge in [-0.2, -0.15) is 0 Å². The van der Waals surface area contributed by atoms with Gasteiger partial charge in [-0.1, -0.05) is 6.42 Å². The van der Waals surface area contributed by atoms with Crippen molar-refractivity contribution in [3.63, 3.8) is 0 Å². The Hall–Kier alpha value is -0.370. The highest BCUT2D eigenvalue weighted by Crippen LogP contribution is 2.14. The van der Waals surface area contributed by atoms with Crippen LogP contribution in [-0.2, 0) is 4.79 Å². The minimum atomic E-state index is 0.631. The molecule has 1 atom stereocenters. The molecule has 0 spiro atoms. The van der Waals surface area contributed by atoms with E-state index < -0.39 is 0 Å². The zero-order valence-corrected chi connectivity index (χ0v) is 7.31. The van der Waals surface area contributed by atoms with Crippen molar-refractivity contribution in [2.24, 2.45) is 0 Å². The van der Waals surface area contributed by atoms with Crippen molar-refractivity contribution in [1.82, 2.24) is 0 Å². The Kier molecular flexibility index (Phi) is 3.57. The molecule has 0 aromatic heterocycles. The molecule has 2 heteroatoms. The molecule has 1 aliphatic rings. The van der Waals surface area contributed by atoms with Crippen molar-refractivity contribution in [1.29, 1.82) is 0 Å². The number of rotatable bonds is 3. The molecule has 2 nitrogen and oxygen atoms in total. The molecule has 1 unspecified atom stereocenters. The van der Waals surface area contributed by atoms with E-state index >= 15 is 0 Å². The van der Waals surface area contributed by atoms with E-state index in [0.29, 0.717) is 6.04 Å². The molecule has 0 aliphatic heterocycles. The Morgan fingerprint density at radius 1 is 1.36 bits per heavy atom. The van der Waals surface area contributed by atoms with E-state index in [9.17, 15) is 4.79 Å². The largest absolute Gasteiger partial charge is 0.300 e. The molecular weight excluding hydrogens is 138 g/mol. The smallest absolute Gasteiger partial charge is 0.272 e. The SMILES string of the molecule is CC[NH+](C=O)C1CCCCC1. The maximum Gasteiger partial charge on any atom is 0.300 e. The van der Waals surface area contributed by atoms with Crippen LogP contribution in [0.5, 0.6) is 0 Å². The standard InChI is InChI=1S/C9H17NO/c1-2-10(8-11)9-6-4-3-5-7-9/h8-9H,2-7H2,1H3/p+1. The lowest BCUT2D eigenvalue weighted by Crippen LogP contribution is -3.14. The molecule has 1 rings (SSSR count). The number of hydrogen-bond acceptors (Lipinski definition) is 1. The summed E-state index contributed by atoms with van der Waals surface area (Å²) >= 11 is 0. The molecule has 0 aromatic carbocycles. The van der Waals surface area contributed by atoms with Gasteiger partial charge in [0.15, 0.2) is 0 Å². The Labute approximate surface area is 68.6 Å². The molecule has 0 bridgehead atoms. The van der Waals surface area contributed by atoms with Gasteiger partial charge in [0.05, 0.1) is 12.6 Å². The van der Waals surface area contributed by atoms with Crippen LogP contribution in [0.15, 0.2) is 0 Å². The fourth-order valence-corrected chi connectivity index (χ4v) is 1.94. The van der Waals surface area contributed by atoms with Crippen LogP contribution in [0.1, 0.15) is 39.0 Å². The lowest BCUT2D eigenvalue weighted by molar-refractivity contribution is -0.838. The molecule has 1 aliphatic carbocycles. The summed E-state index contributed by atoms with van der Waals surface area (Å²) < 4.78 is 0. The summed E-state index contributed by atoms with van der Waals surface area (Å²) in [5.74, 6) is 0. The summed E-state index contributed by atoms with van der Waals surface area (Å²) in [5.41, 5.74) is 0. The average molecular weight is 156 g/mol. The van der Waals surface area contributed by atoms with Crippen molar-refractivity contribution in [2.75, 3.05) is 6.54 Å². The van der Waals surface area contributed by atoms with Crippen molar-refractivity contribution in [2.45, 2.75) is 45.1 Å². The van der Waals surface area contributed by atoms with Crippen LogP contribution in [0.25, 0.3) is 0 Å². The number of carbonyl (C=O) groups is 1. The van der Waals surface area contributed by atoms with Crippen LogP contribution in [0.3, 0.4) is 0 Å². The first-order chi connectivity index (χ1) is 5.38. The molecule has 0 saturated heterocycles. The van der Waals surface area contributed by atoms with Crippen LogP contribution in [-0.4, -0.2) is 19.0 Å². The molecule has 64 valence electrons. The normalized spacial score (nSPS) is 23.0. The van der Waals surface area contributed by atoms with Crippen LogP contribution >= 0.6 is 0 Å². The average Bonchev–Trinajstić information content (AvgIpc) is 2.09. The van der Waals surface area contributed by atoms with Gasteiger partial charge >= 0.3 is 0 Å². The molecule has 11 heavy (non-hydrogen) atoms. The van der Waals surface area contributed by atoms with Gasteiger partial charge in [-0.3, -0.25) is 4.90 Å². The first-order valence-corrected chi connectivity index (χ1v) is 4.69. The quantitative estimate of drug-likeness (QED) is 0.586. The topological polar surface area (TPSA) is 21.5 Å². The van der Waals surface area contributed by atoms with E-state index in [1.54, 1.807) is 0 Å². The van der Waals surface area contributed by atoms with Crippen molar-refractivity contribution >= 4 is 6.41 Å². The van der Waals surface area contributed by atoms with E-state index in [4.69, 9.17) is 0 Å². The van der Waals surface area contributed by atoms with Gasteiger partial charge in [0.25, 0.3) is 6.41 Å². The minimum absolute atomic E-state index is 0.631. The summed E-state index contributed by atoms with van der Waals surface area (Å²) in [5, 5.41) is 0. The maximum absolute atomic E-state index is 10.6.